The normalized spacial score (nSPS) is 10.4. The summed E-state index contributed by atoms with van der Waals surface area (Å²) in [5.74, 6) is 0.586. The molecule has 0 aliphatic heterocycles. The molecule has 4 rings (SSSR count). The van der Waals surface area contributed by atoms with Crippen molar-refractivity contribution in [3.63, 3.8) is 0 Å². The van der Waals surface area contributed by atoms with Crippen molar-refractivity contribution in [2.45, 2.75) is 6.61 Å². The van der Waals surface area contributed by atoms with E-state index in [1.54, 1.807) is 5.38 Å². The molecule has 1 N–H and O–H groups in total. The number of thiazole rings is 1. The van der Waals surface area contributed by atoms with Crippen LogP contribution in [0.5, 0.6) is 5.75 Å². The Labute approximate surface area is 167 Å². The van der Waals surface area contributed by atoms with Crippen molar-refractivity contribution in [3.05, 3.63) is 102 Å². The van der Waals surface area contributed by atoms with Gasteiger partial charge in [-0.1, -0.05) is 48.5 Å². The molecule has 0 aliphatic carbocycles. The first kappa shape index (κ1) is 17.9. The molecule has 0 unspecified atom stereocenters. The van der Waals surface area contributed by atoms with Gasteiger partial charge in [-0.15, -0.1) is 11.3 Å². The summed E-state index contributed by atoms with van der Waals surface area (Å²) in [7, 11) is 0. The fourth-order valence-electron chi connectivity index (χ4n) is 2.66. The molecule has 3 aromatic carbocycles. The molecule has 0 fully saturated rings. The van der Waals surface area contributed by atoms with Gasteiger partial charge in [0, 0.05) is 16.6 Å². The number of amides is 1. The highest BCUT2D eigenvalue weighted by Gasteiger charge is 2.12. The van der Waals surface area contributed by atoms with Crippen LogP contribution in [-0.4, -0.2) is 10.9 Å². The Morgan fingerprint density at radius 3 is 2.29 bits per heavy atom. The molecular formula is C23H18N2O2S. The molecule has 0 aliphatic rings. The van der Waals surface area contributed by atoms with E-state index < -0.39 is 0 Å². The summed E-state index contributed by atoms with van der Waals surface area (Å²) in [4.78, 5) is 16.8. The van der Waals surface area contributed by atoms with Crippen LogP contribution >= 0.6 is 11.3 Å². The number of nitrogens with zero attached hydrogens (tertiary/aromatic N) is 1. The Bertz CT molecular complexity index is 1040. The molecule has 5 heteroatoms. The van der Waals surface area contributed by atoms with Gasteiger partial charge in [-0.2, -0.15) is 0 Å². The van der Waals surface area contributed by atoms with E-state index in [0.29, 0.717) is 12.3 Å². The van der Waals surface area contributed by atoms with Crippen molar-refractivity contribution in [2.75, 3.05) is 5.32 Å². The van der Waals surface area contributed by atoms with Crippen molar-refractivity contribution in [1.82, 2.24) is 4.98 Å². The topological polar surface area (TPSA) is 51.2 Å². The summed E-state index contributed by atoms with van der Waals surface area (Å²) >= 11 is 1.44. The second-order valence-corrected chi connectivity index (χ2v) is 7.01. The molecular weight excluding hydrogens is 368 g/mol. The van der Waals surface area contributed by atoms with Crippen molar-refractivity contribution in [3.8, 4) is 16.3 Å². The van der Waals surface area contributed by atoms with Crippen LogP contribution in [0.4, 0.5) is 5.69 Å². The monoisotopic (exact) mass is 386 g/mol. The molecule has 4 nitrogen and oxygen atoms in total. The van der Waals surface area contributed by atoms with E-state index in [1.165, 1.54) is 11.3 Å². The number of ether oxygens (including phenoxy) is 1. The third-order valence-corrected chi connectivity index (χ3v) is 5.01. The zero-order valence-corrected chi connectivity index (χ0v) is 15.9. The second kappa shape index (κ2) is 8.50. The van der Waals surface area contributed by atoms with Crippen LogP contribution in [0, 0.1) is 0 Å². The molecule has 0 saturated carbocycles. The number of rotatable bonds is 6. The molecule has 1 amide bonds. The van der Waals surface area contributed by atoms with Gasteiger partial charge in [-0.3, -0.25) is 4.79 Å². The van der Waals surface area contributed by atoms with Crippen LogP contribution < -0.4 is 10.1 Å². The van der Waals surface area contributed by atoms with E-state index in [-0.39, 0.29) is 5.91 Å². The molecule has 4 aromatic rings. The van der Waals surface area contributed by atoms with Crippen molar-refractivity contribution in [1.29, 1.82) is 0 Å². The molecule has 138 valence electrons. The highest BCUT2D eigenvalue weighted by Crippen LogP contribution is 2.26. The minimum absolute atomic E-state index is 0.212. The number of para-hydroxylation sites is 1. The summed E-state index contributed by atoms with van der Waals surface area (Å²) in [5.41, 5.74) is 3.24. The number of hydrogen-bond donors (Lipinski definition) is 1. The van der Waals surface area contributed by atoms with Crippen molar-refractivity contribution >= 4 is 22.9 Å². The number of benzene rings is 3. The van der Waals surface area contributed by atoms with E-state index in [0.717, 1.165) is 27.6 Å². The molecule has 1 heterocycles. The van der Waals surface area contributed by atoms with Gasteiger partial charge in [0.05, 0.1) is 0 Å². The molecule has 0 spiro atoms. The fraction of sp³-hybridized carbons (Fsp3) is 0.0435. The SMILES string of the molecule is O=C(Nc1ccccc1)c1csc(-c2ccc(OCc3ccccc3)cc2)n1. The standard InChI is InChI=1S/C23H18N2O2S/c26-22(24-19-9-5-2-6-10-19)21-16-28-23(25-21)18-11-13-20(14-12-18)27-15-17-7-3-1-4-8-17/h1-14,16H,15H2,(H,24,26). The number of aromatic nitrogens is 1. The maximum Gasteiger partial charge on any atom is 0.275 e. The lowest BCUT2D eigenvalue weighted by Crippen LogP contribution is -2.12. The van der Waals surface area contributed by atoms with Gasteiger partial charge in [0.15, 0.2) is 0 Å². The van der Waals surface area contributed by atoms with Gasteiger partial charge in [-0.25, -0.2) is 4.98 Å². The number of nitrogens with one attached hydrogen (secondary N) is 1. The van der Waals surface area contributed by atoms with Gasteiger partial charge >= 0.3 is 0 Å². The van der Waals surface area contributed by atoms with E-state index in [1.807, 2.05) is 84.9 Å². The number of carbonyl (C=O) groups excluding carboxylic acids is 1. The molecule has 1 aromatic heterocycles. The van der Waals surface area contributed by atoms with E-state index >= 15 is 0 Å². The maximum atomic E-state index is 12.3. The largest absolute Gasteiger partial charge is 0.489 e. The van der Waals surface area contributed by atoms with Crippen LogP contribution in [0.1, 0.15) is 16.1 Å². The lowest BCUT2D eigenvalue weighted by molar-refractivity contribution is 0.102. The third kappa shape index (κ3) is 4.45. The molecule has 0 saturated heterocycles. The minimum Gasteiger partial charge on any atom is -0.489 e. The minimum atomic E-state index is -0.212. The highest BCUT2D eigenvalue weighted by molar-refractivity contribution is 7.13. The Morgan fingerprint density at radius 2 is 1.57 bits per heavy atom. The molecule has 28 heavy (non-hydrogen) atoms. The molecule has 0 radical (unpaired) electrons. The Kier molecular flexibility index (Phi) is 5.45. The lowest BCUT2D eigenvalue weighted by atomic mass is 10.2. The first-order valence-electron chi connectivity index (χ1n) is 8.87. The van der Waals surface area contributed by atoms with Crippen molar-refractivity contribution in [2.24, 2.45) is 0 Å². The van der Waals surface area contributed by atoms with Crippen molar-refractivity contribution < 1.29 is 9.53 Å². The van der Waals surface area contributed by atoms with Crippen LogP contribution in [0.15, 0.2) is 90.3 Å². The third-order valence-electron chi connectivity index (χ3n) is 4.12. The average Bonchev–Trinajstić information content (AvgIpc) is 3.25. The summed E-state index contributed by atoms with van der Waals surface area (Å²) in [6.07, 6.45) is 0. The number of carbonyl (C=O) groups is 1. The van der Waals surface area contributed by atoms with Gasteiger partial charge in [-0.05, 0) is 42.0 Å². The van der Waals surface area contributed by atoms with E-state index in [2.05, 4.69) is 10.3 Å². The Hall–Kier alpha value is -3.44. The van der Waals surface area contributed by atoms with Gasteiger partial charge in [0.25, 0.3) is 5.91 Å². The van der Waals surface area contributed by atoms with Crippen LogP contribution in [-0.2, 0) is 6.61 Å². The zero-order valence-electron chi connectivity index (χ0n) is 15.0. The summed E-state index contributed by atoms with van der Waals surface area (Å²) in [6, 6.07) is 27.2. The summed E-state index contributed by atoms with van der Waals surface area (Å²) < 4.78 is 5.81. The Balaban J connectivity index is 1.40. The first-order chi connectivity index (χ1) is 13.8. The molecule has 0 bridgehead atoms. The maximum absolute atomic E-state index is 12.3. The van der Waals surface area contributed by atoms with Gasteiger partial charge < -0.3 is 10.1 Å². The number of anilines is 1. The van der Waals surface area contributed by atoms with Crippen LogP contribution in [0.3, 0.4) is 0 Å². The van der Waals surface area contributed by atoms with E-state index in [4.69, 9.17) is 4.74 Å². The van der Waals surface area contributed by atoms with Gasteiger partial charge in [0.1, 0.15) is 23.1 Å². The lowest BCUT2D eigenvalue weighted by Gasteiger charge is -2.06. The first-order valence-corrected chi connectivity index (χ1v) is 9.75. The summed E-state index contributed by atoms with van der Waals surface area (Å²) in [6.45, 7) is 0.529. The summed E-state index contributed by atoms with van der Waals surface area (Å²) in [5, 5.41) is 5.42. The average molecular weight is 386 g/mol. The van der Waals surface area contributed by atoms with E-state index in [9.17, 15) is 4.79 Å². The van der Waals surface area contributed by atoms with Crippen LogP contribution in [0.25, 0.3) is 10.6 Å². The second-order valence-electron chi connectivity index (χ2n) is 6.16. The predicted molar refractivity (Wildman–Crippen MR) is 113 cm³/mol. The fourth-order valence-corrected chi connectivity index (χ4v) is 3.47. The predicted octanol–water partition coefficient (Wildman–Crippen LogP) is 5.64. The Morgan fingerprint density at radius 1 is 0.893 bits per heavy atom. The van der Waals surface area contributed by atoms with Crippen LogP contribution in [0.2, 0.25) is 0 Å². The smallest absolute Gasteiger partial charge is 0.275 e. The highest BCUT2D eigenvalue weighted by atomic mass is 32.1. The zero-order chi connectivity index (χ0) is 19.2. The van der Waals surface area contributed by atoms with Gasteiger partial charge in [0.2, 0.25) is 0 Å². The number of hydrogen-bond acceptors (Lipinski definition) is 4. The molecule has 0 atom stereocenters. The quantitative estimate of drug-likeness (QED) is 0.466.